The lowest BCUT2D eigenvalue weighted by molar-refractivity contribution is 0.625. The molecule has 2 aromatic carbocycles. The minimum atomic E-state index is -0.230. The molecule has 0 heterocycles. The van der Waals surface area contributed by atoms with Gasteiger partial charge in [0.25, 0.3) is 0 Å². The van der Waals surface area contributed by atoms with Crippen molar-refractivity contribution in [3.63, 3.8) is 0 Å². The molecule has 0 N–H and O–H groups in total. The van der Waals surface area contributed by atoms with Crippen molar-refractivity contribution in [1.29, 1.82) is 0 Å². The standard InChI is InChI=1S/C22H23FS/c1-15(2)24-16(3)21-13-12-20(14-22(21)23)19-10-8-18(9-11-19)17-6-4-5-7-17/h8-14,17H,1,3-7H2,2H3. The van der Waals surface area contributed by atoms with Crippen LogP contribution in [-0.4, -0.2) is 0 Å². The zero-order chi connectivity index (χ0) is 17.1. The number of rotatable bonds is 5. The molecule has 2 heteroatoms. The van der Waals surface area contributed by atoms with E-state index in [0.29, 0.717) is 16.4 Å². The molecule has 0 saturated heterocycles. The largest absolute Gasteiger partial charge is 0.206 e. The number of hydrogen-bond acceptors (Lipinski definition) is 1. The lowest BCUT2D eigenvalue weighted by atomic mass is 9.95. The molecule has 0 spiro atoms. The van der Waals surface area contributed by atoms with Crippen LogP contribution in [0.5, 0.6) is 0 Å². The molecule has 2 aromatic rings. The average Bonchev–Trinajstić information content (AvgIpc) is 3.08. The van der Waals surface area contributed by atoms with Crippen molar-refractivity contribution >= 4 is 16.7 Å². The summed E-state index contributed by atoms with van der Waals surface area (Å²) in [4.78, 5) is 1.61. The molecule has 1 aliphatic carbocycles. The Labute approximate surface area is 148 Å². The number of allylic oxidation sites excluding steroid dienone is 1. The molecule has 0 aromatic heterocycles. The molecule has 1 aliphatic rings. The fourth-order valence-corrected chi connectivity index (χ4v) is 4.09. The highest BCUT2D eigenvalue weighted by molar-refractivity contribution is 8.11. The van der Waals surface area contributed by atoms with Crippen LogP contribution in [0, 0.1) is 5.82 Å². The molecule has 0 radical (unpaired) electrons. The van der Waals surface area contributed by atoms with Crippen molar-refractivity contribution in [2.75, 3.05) is 0 Å². The fraction of sp³-hybridized carbons (Fsp3) is 0.273. The second-order valence-corrected chi connectivity index (χ2v) is 7.92. The fourth-order valence-electron chi connectivity index (χ4n) is 3.39. The Bertz CT molecular complexity index is 752. The van der Waals surface area contributed by atoms with Gasteiger partial charge in [0, 0.05) is 10.5 Å². The Morgan fingerprint density at radius 1 is 1.00 bits per heavy atom. The van der Waals surface area contributed by atoms with Gasteiger partial charge >= 0.3 is 0 Å². The minimum Gasteiger partial charge on any atom is -0.206 e. The summed E-state index contributed by atoms with van der Waals surface area (Å²) in [5.74, 6) is 0.478. The maximum absolute atomic E-state index is 14.5. The van der Waals surface area contributed by atoms with E-state index in [-0.39, 0.29) is 5.82 Å². The van der Waals surface area contributed by atoms with Crippen LogP contribution in [0.4, 0.5) is 4.39 Å². The van der Waals surface area contributed by atoms with Crippen molar-refractivity contribution < 1.29 is 4.39 Å². The Kier molecular flexibility index (Phi) is 5.25. The first-order valence-electron chi connectivity index (χ1n) is 8.47. The van der Waals surface area contributed by atoms with Crippen LogP contribution >= 0.6 is 11.8 Å². The van der Waals surface area contributed by atoms with Crippen molar-refractivity contribution in [2.45, 2.75) is 38.5 Å². The lowest BCUT2D eigenvalue weighted by Crippen LogP contribution is -1.92. The Morgan fingerprint density at radius 2 is 1.62 bits per heavy atom. The van der Waals surface area contributed by atoms with Gasteiger partial charge in [0.2, 0.25) is 0 Å². The number of thioether (sulfide) groups is 1. The van der Waals surface area contributed by atoms with E-state index >= 15 is 0 Å². The van der Waals surface area contributed by atoms with Crippen LogP contribution in [0.1, 0.15) is 49.7 Å². The number of benzene rings is 2. The predicted molar refractivity (Wildman–Crippen MR) is 104 cm³/mol. The molecule has 0 atom stereocenters. The summed E-state index contributed by atoms with van der Waals surface area (Å²) in [5.41, 5.74) is 3.93. The molecule has 0 amide bonds. The van der Waals surface area contributed by atoms with Gasteiger partial charge in [-0.05, 0) is 53.3 Å². The lowest BCUT2D eigenvalue weighted by Gasteiger charge is -2.12. The van der Waals surface area contributed by atoms with E-state index in [0.717, 1.165) is 16.0 Å². The van der Waals surface area contributed by atoms with Crippen molar-refractivity contribution in [1.82, 2.24) is 0 Å². The molecule has 0 unspecified atom stereocenters. The first-order chi connectivity index (χ1) is 11.5. The van der Waals surface area contributed by atoms with Gasteiger partial charge in [-0.25, -0.2) is 4.39 Å². The van der Waals surface area contributed by atoms with Gasteiger partial charge in [0.05, 0.1) is 0 Å². The van der Waals surface area contributed by atoms with Crippen LogP contribution in [0.2, 0.25) is 0 Å². The van der Waals surface area contributed by atoms with Gasteiger partial charge in [-0.3, -0.25) is 0 Å². The third-order valence-electron chi connectivity index (χ3n) is 4.64. The smallest absolute Gasteiger partial charge is 0.132 e. The number of halogens is 1. The van der Waals surface area contributed by atoms with Gasteiger partial charge in [0.1, 0.15) is 5.82 Å². The zero-order valence-corrected chi connectivity index (χ0v) is 15.0. The summed E-state index contributed by atoms with van der Waals surface area (Å²) in [7, 11) is 0. The number of hydrogen-bond donors (Lipinski definition) is 0. The quantitative estimate of drug-likeness (QED) is 0.547. The van der Waals surface area contributed by atoms with Gasteiger partial charge in [-0.1, -0.05) is 74.2 Å². The molecule has 3 rings (SSSR count). The zero-order valence-electron chi connectivity index (χ0n) is 14.1. The van der Waals surface area contributed by atoms with E-state index in [1.165, 1.54) is 43.0 Å². The van der Waals surface area contributed by atoms with Crippen molar-refractivity contribution in [2.24, 2.45) is 0 Å². The summed E-state index contributed by atoms with van der Waals surface area (Å²) < 4.78 is 14.5. The van der Waals surface area contributed by atoms with Crippen LogP contribution in [0.15, 0.2) is 60.5 Å². The maximum Gasteiger partial charge on any atom is 0.132 e. The average molecular weight is 338 g/mol. The van der Waals surface area contributed by atoms with E-state index in [2.05, 4.69) is 37.4 Å². The van der Waals surface area contributed by atoms with Crippen LogP contribution in [0.3, 0.4) is 0 Å². The molecule has 0 bridgehead atoms. The first kappa shape index (κ1) is 17.0. The summed E-state index contributed by atoms with van der Waals surface area (Å²) in [5, 5.41) is 0. The maximum atomic E-state index is 14.5. The Morgan fingerprint density at radius 3 is 2.21 bits per heavy atom. The van der Waals surface area contributed by atoms with E-state index in [1.807, 2.05) is 19.1 Å². The monoisotopic (exact) mass is 338 g/mol. The van der Waals surface area contributed by atoms with Crippen molar-refractivity contribution in [3.05, 3.63) is 77.5 Å². The summed E-state index contributed by atoms with van der Waals surface area (Å²) in [6, 6.07) is 14.0. The second kappa shape index (κ2) is 7.40. The molecule has 1 fully saturated rings. The van der Waals surface area contributed by atoms with Crippen molar-refractivity contribution in [3.8, 4) is 11.1 Å². The van der Waals surface area contributed by atoms with Crippen LogP contribution in [0.25, 0.3) is 16.0 Å². The topological polar surface area (TPSA) is 0 Å². The molecule has 0 nitrogen and oxygen atoms in total. The Hall–Kier alpha value is -1.80. The van der Waals surface area contributed by atoms with E-state index < -0.39 is 0 Å². The van der Waals surface area contributed by atoms with Gasteiger partial charge < -0.3 is 0 Å². The first-order valence-corrected chi connectivity index (χ1v) is 9.29. The highest BCUT2D eigenvalue weighted by Gasteiger charge is 2.17. The van der Waals surface area contributed by atoms with Gasteiger partial charge in [0.15, 0.2) is 0 Å². The normalized spacial score (nSPS) is 14.8. The summed E-state index contributed by atoms with van der Waals surface area (Å²) in [6.45, 7) is 9.68. The molecular formula is C22H23FS. The molecule has 124 valence electrons. The third kappa shape index (κ3) is 3.81. The van der Waals surface area contributed by atoms with Crippen LogP contribution < -0.4 is 0 Å². The molecule has 1 saturated carbocycles. The van der Waals surface area contributed by atoms with E-state index in [1.54, 1.807) is 6.07 Å². The van der Waals surface area contributed by atoms with E-state index in [4.69, 9.17) is 0 Å². The molecular weight excluding hydrogens is 315 g/mol. The predicted octanol–water partition coefficient (Wildman–Crippen LogP) is 7.39. The van der Waals surface area contributed by atoms with Crippen LogP contribution in [-0.2, 0) is 0 Å². The minimum absolute atomic E-state index is 0.230. The second-order valence-electron chi connectivity index (χ2n) is 6.53. The third-order valence-corrected chi connectivity index (χ3v) is 5.45. The summed E-state index contributed by atoms with van der Waals surface area (Å²) >= 11 is 1.41. The SMILES string of the molecule is C=C(C)SC(=C)c1ccc(-c2ccc(C3CCCC3)cc2)cc1F. The highest BCUT2D eigenvalue weighted by Crippen LogP contribution is 2.36. The summed E-state index contributed by atoms with van der Waals surface area (Å²) in [6.07, 6.45) is 5.27. The van der Waals surface area contributed by atoms with E-state index in [9.17, 15) is 4.39 Å². The highest BCUT2D eigenvalue weighted by atomic mass is 32.2. The molecule has 24 heavy (non-hydrogen) atoms. The van der Waals surface area contributed by atoms with Gasteiger partial charge in [-0.2, -0.15) is 0 Å². The Balaban J connectivity index is 1.80. The van der Waals surface area contributed by atoms with Gasteiger partial charge in [-0.15, -0.1) is 0 Å². The molecule has 0 aliphatic heterocycles.